The van der Waals surface area contributed by atoms with Gasteiger partial charge in [0.15, 0.2) is 0 Å². The molecule has 0 saturated carbocycles. The van der Waals surface area contributed by atoms with Crippen LogP contribution in [0.2, 0.25) is 0 Å². The van der Waals surface area contributed by atoms with E-state index in [0.717, 1.165) is 51.3 Å². The number of methoxy groups -OCH3 is 1. The monoisotopic (exact) mass is 343 g/mol. The molecule has 0 radical (unpaired) electrons. The summed E-state index contributed by atoms with van der Waals surface area (Å²) in [5.41, 5.74) is 1.32. The molecule has 2 aliphatic heterocycles. The number of rotatable bonds is 4. The molecule has 1 amide bonds. The second-order valence-electron chi connectivity index (χ2n) is 7.16. The molecular weight excluding hydrogens is 314 g/mol. The summed E-state index contributed by atoms with van der Waals surface area (Å²) in [5, 5.41) is 3.02. The summed E-state index contributed by atoms with van der Waals surface area (Å²) in [6.45, 7) is 4.91. The van der Waals surface area contributed by atoms with Gasteiger partial charge in [0.1, 0.15) is 5.75 Å². The molecule has 1 aromatic rings. The molecule has 0 aliphatic carbocycles. The molecule has 2 aliphatic rings. The topological polar surface area (TPSA) is 44.8 Å². The predicted octanol–water partition coefficient (Wildman–Crippen LogP) is 1.99. The van der Waals surface area contributed by atoms with E-state index >= 15 is 0 Å². The van der Waals surface area contributed by atoms with Gasteiger partial charge in [-0.1, -0.05) is 24.3 Å². The molecule has 5 heteroatoms. The van der Waals surface area contributed by atoms with Crippen LogP contribution < -0.4 is 10.1 Å². The van der Waals surface area contributed by atoms with Crippen LogP contribution in [0.3, 0.4) is 0 Å². The Morgan fingerprint density at radius 2 is 2.04 bits per heavy atom. The number of nitrogens with zero attached hydrogens (tertiary/aromatic N) is 2. The van der Waals surface area contributed by atoms with Crippen molar-refractivity contribution in [3.05, 3.63) is 35.9 Å². The van der Waals surface area contributed by atoms with Crippen LogP contribution in [0.4, 0.5) is 0 Å². The Balaban J connectivity index is 1.59. The van der Waals surface area contributed by atoms with Crippen LogP contribution in [0.1, 0.15) is 24.8 Å². The number of likely N-dealkylation sites (N-methyl/N-ethyl adjacent to an activating group) is 1. The summed E-state index contributed by atoms with van der Waals surface area (Å²) < 4.78 is 5.19. The number of amides is 1. The van der Waals surface area contributed by atoms with E-state index in [1.807, 2.05) is 12.1 Å². The van der Waals surface area contributed by atoms with Crippen molar-refractivity contribution in [2.45, 2.75) is 24.8 Å². The van der Waals surface area contributed by atoms with E-state index in [0.29, 0.717) is 6.42 Å². The van der Waals surface area contributed by atoms with Crippen molar-refractivity contribution < 1.29 is 9.53 Å². The van der Waals surface area contributed by atoms with Gasteiger partial charge in [-0.15, -0.1) is 0 Å². The van der Waals surface area contributed by atoms with Crippen LogP contribution in [0.15, 0.2) is 30.3 Å². The Kier molecular flexibility index (Phi) is 5.76. The minimum atomic E-state index is 0.130. The number of carbonyl (C=O) groups excluding carboxylic acids is 1. The second-order valence-corrected chi connectivity index (χ2v) is 7.16. The van der Waals surface area contributed by atoms with Crippen molar-refractivity contribution in [3.8, 4) is 5.75 Å². The Labute approximate surface area is 150 Å². The van der Waals surface area contributed by atoms with Gasteiger partial charge in [0.2, 0.25) is 5.91 Å². The van der Waals surface area contributed by atoms with Crippen molar-refractivity contribution >= 4 is 12.0 Å². The van der Waals surface area contributed by atoms with Gasteiger partial charge in [-0.2, -0.15) is 0 Å². The molecule has 0 unspecified atom stereocenters. The largest absolute Gasteiger partial charge is 0.497 e. The lowest BCUT2D eigenvalue weighted by Crippen LogP contribution is -2.61. The highest BCUT2D eigenvalue weighted by Crippen LogP contribution is 2.30. The molecule has 5 nitrogen and oxygen atoms in total. The van der Waals surface area contributed by atoms with Crippen LogP contribution >= 0.6 is 0 Å². The summed E-state index contributed by atoms with van der Waals surface area (Å²) in [6, 6.07) is 8.12. The van der Waals surface area contributed by atoms with Gasteiger partial charge in [-0.3, -0.25) is 14.6 Å². The van der Waals surface area contributed by atoms with Crippen LogP contribution in [0, 0.1) is 0 Å². The van der Waals surface area contributed by atoms with Crippen molar-refractivity contribution in [2.75, 3.05) is 46.9 Å². The normalized spacial score (nSPS) is 25.9. The van der Waals surface area contributed by atoms with Crippen molar-refractivity contribution in [2.24, 2.45) is 0 Å². The summed E-state index contributed by atoms with van der Waals surface area (Å²) in [5.74, 6) is 1.08. The van der Waals surface area contributed by atoms with Crippen LogP contribution in [0.5, 0.6) is 5.75 Å². The molecule has 2 heterocycles. The number of hydrogen-bond acceptors (Lipinski definition) is 4. The Morgan fingerprint density at radius 1 is 1.24 bits per heavy atom. The fourth-order valence-corrected chi connectivity index (χ4v) is 3.89. The van der Waals surface area contributed by atoms with Gasteiger partial charge in [-0.05, 0) is 37.6 Å². The maximum Gasteiger partial charge on any atom is 0.220 e. The van der Waals surface area contributed by atoms with Crippen LogP contribution in [-0.4, -0.2) is 68.1 Å². The SMILES string of the molecule is COc1ccc(/C=C/CN2CCN(C)[C@@]3(CCNC(=O)CC3)C2)cc1. The molecule has 136 valence electrons. The maximum atomic E-state index is 11.7. The van der Waals surface area contributed by atoms with E-state index in [1.54, 1.807) is 7.11 Å². The van der Waals surface area contributed by atoms with E-state index in [1.165, 1.54) is 5.56 Å². The van der Waals surface area contributed by atoms with Crippen molar-refractivity contribution in [1.29, 1.82) is 0 Å². The molecular formula is C20H29N3O2. The zero-order valence-corrected chi connectivity index (χ0v) is 15.3. The van der Waals surface area contributed by atoms with Gasteiger partial charge in [-0.25, -0.2) is 0 Å². The zero-order chi connectivity index (χ0) is 17.7. The predicted molar refractivity (Wildman–Crippen MR) is 101 cm³/mol. The number of nitrogens with one attached hydrogen (secondary N) is 1. The molecule has 2 saturated heterocycles. The molecule has 1 spiro atoms. The number of carbonyl (C=O) groups is 1. The molecule has 1 aromatic carbocycles. The molecule has 2 fully saturated rings. The lowest BCUT2D eigenvalue weighted by molar-refractivity contribution is -0.121. The van der Waals surface area contributed by atoms with E-state index in [9.17, 15) is 4.79 Å². The average molecular weight is 343 g/mol. The highest BCUT2D eigenvalue weighted by molar-refractivity contribution is 5.76. The first-order chi connectivity index (χ1) is 12.1. The highest BCUT2D eigenvalue weighted by atomic mass is 16.5. The summed E-state index contributed by atoms with van der Waals surface area (Å²) >= 11 is 0. The molecule has 1 N–H and O–H groups in total. The molecule has 0 bridgehead atoms. The maximum absolute atomic E-state index is 11.7. The van der Waals surface area contributed by atoms with Crippen molar-refractivity contribution in [1.82, 2.24) is 15.1 Å². The minimum Gasteiger partial charge on any atom is -0.497 e. The first-order valence-corrected chi connectivity index (χ1v) is 9.12. The fraction of sp³-hybridized carbons (Fsp3) is 0.550. The second kappa shape index (κ2) is 8.02. The number of benzene rings is 1. The molecule has 1 atom stereocenters. The van der Waals surface area contributed by atoms with E-state index in [2.05, 4.69) is 46.4 Å². The Hall–Kier alpha value is -1.85. The first kappa shape index (κ1) is 18.0. The zero-order valence-electron chi connectivity index (χ0n) is 15.3. The third-order valence-electron chi connectivity index (χ3n) is 5.60. The molecule has 25 heavy (non-hydrogen) atoms. The molecule has 0 aromatic heterocycles. The first-order valence-electron chi connectivity index (χ1n) is 9.12. The van der Waals surface area contributed by atoms with Gasteiger partial charge >= 0.3 is 0 Å². The quantitative estimate of drug-likeness (QED) is 0.908. The van der Waals surface area contributed by atoms with E-state index in [-0.39, 0.29) is 11.4 Å². The summed E-state index contributed by atoms with van der Waals surface area (Å²) in [7, 11) is 3.89. The minimum absolute atomic E-state index is 0.130. The third kappa shape index (κ3) is 4.41. The summed E-state index contributed by atoms with van der Waals surface area (Å²) in [6.07, 6.45) is 7.03. The number of hydrogen-bond donors (Lipinski definition) is 1. The standard InChI is InChI=1S/C20H29N3O2/c1-22-14-15-23(16-20(22)10-9-19(24)21-12-11-20)13-3-4-17-5-7-18(25-2)8-6-17/h3-8H,9-16H2,1-2H3,(H,21,24)/b4-3+/t20-/m0/s1. The van der Waals surface area contributed by atoms with E-state index in [4.69, 9.17) is 4.74 Å². The summed E-state index contributed by atoms with van der Waals surface area (Å²) in [4.78, 5) is 16.7. The molecule has 3 rings (SSSR count). The lowest BCUT2D eigenvalue weighted by atomic mass is 9.86. The third-order valence-corrected chi connectivity index (χ3v) is 5.60. The average Bonchev–Trinajstić information content (AvgIpc) is 2.81. The Morgan fingerprint density at radius 3 is 2.80 bits per heavy atom. The fourth-order valence-electron chi connectivity index (χ4n) is 3.89. The van der Waals surface area contributed by atoms with E-state index < -0.39 is 0 Å². The van der Waals surface area contributed by atoms with Gasteiger partial charge in [0.05, 0.1) is 7.11 Å². The smallest absolute Gasteiger partial charge is 0.220 e. The lowest BCUT2D eigenvalue weighted by Gasteiger charge is -2.49. The highest BCUT2D eigenvalue weighted by Gasteiger charge is 2.40. The number of ether oxygens (including phenoxy) is 1. The van der Waals surface area contributed by atoms with Gasteiger partial charge in [0, 0.05) is 44.7 Å². The number of piperazine rings is 1. The van der Waals surface area contributed by atoms with Crippen molar-refractivity contribution in [3.63, 3.8) is 0 Å². The van der Waals surface area contributed by atoms with Crippen LogP contribution in [0.25, 0.3) is 6.08 Å². The van der Waals surface area contributed by atoms with Gasteiger partial charge in [0.25, 0.3) is 0 Å². The Bertz CT molecular complexity index is 614. The van der Waals surface area contributed by atoms with Gasteiger partial charge < -0.3 is 10.1 Å². The van der Waals surface area contributed by atoms with Crippen LogP contribution in [-0.2, 0) is 4.79 Å².